The van der Waals surface area contributed by atoms with Gasteiger partial charge in [0.25, 0.3) is 0 Å². The molecule has 23 heavy (non-hydrogen) atoms. The lowest BCUT2D eigenvalue weighted by Gasteiger charge is -2.08. The number of carbonyl (C=O) groups is 1. The summed E-state index contributed by atoms with van der Waals surface area (Å²) in [6, 6.07) is 8.84. The van der Waals surface area contributed by atoms with E-state index in [1.165, 1.54) is 18.2 Å². The van der Waals surface area contributed by atoms with Crippen LogP contribution in [0.2, 0.25) is 0 Å². The highest BCUT2D eigenvalue weighted by atomic mass is 32.2. The Labute approximate surface area is 133 Å². The minimum atomic E-state index is -3.72. The maximum Gasteiger partial charge on any atom is 0.235 e. The van der Waals surface area contributed by atoms with E-state index in [4.69, 9.17) is 0 Å². The Bertz CT molecular complexity index is 767. The number of rotatable bonds is 7. The number of nitrogens with one attached hydrogen (secondary N) is 2. The Hall–Kier alpha value is -2.32. The van der Waals surface area contributed by atoms with Crippen LogP contribution in [-0.2, 0) is 27.1 Å². The van der Waals surface area contributed by atoms with Crippen molar-refractivity contribution < 1.29 is 17.6 Å². The van der Waals surface area contributed by atoms with Crippen molar-refractivity contribution in [3.05, 3.63) is 65.7 Å². The first kappa shape index (κ1) is 17.0. The number of nitrogens with zero attached hydrogens (tertiary/aromatic N) is 1. The molecule has 0 bridgehead atoms. The van der Waals surface area contributed by atoms with Gasteiger partial charge in [-0.2, -0.15) is 0 Å². The SMILES string of the molecule is O=C(CNS(=O)(=O)Cc1cccc(F)c1)NCc1cccnc1. The van der Waals surface area contributed by atoms with Gasteiger partial charge in [-0.1, -0.05) is 18.2 Å². The van der Waals surface area contributed by atoms with Gasteiger partial charge in [-0.15, -0.1) is 0 Å². The van der Waals surface area contributed by atoms with Crippen molar-refractivity contribution in [1.82, 2.24) is 15.0 Å². The fourth-order valence-electron chi connectivity index (χ4n) is 1.84. The summed E-state index contributed by atoms with van der Waals surface area (Å²) < 4.78 is 39.0. The van der Waals surface area contributed by atoms with Gasteiger partial charge >= 0.3 is 0 Å². The third-order valence-electron chi connectivity index (χ3n) is 2.91. The standard InChI is InChI=1S/C15H16FN3O3S/c16-14-5-1-3-12(7-14)11-23(21,22)19-10-15(20)18-9-13-4-2-6-17-8-13/h1-8,19H,9-11H2,(H,18,20). The molecule has 0 saturated carbocycles. The lowest BCUT2D eigenvalue weighted by atomic mass is 10.2. The quantitative estimate of drug-likeness (QED) is 0.788. The molecule has 0 fully saturated rings. The van der Waals surface area contributed by atoms with Crippen molar-refractivity contribution in [3.8, 4) is 0 Å². The molecule has 6 nitrogen and oxygen atoms in total. The lowest BCUT2D eigenvalue weighted by molar-refractivity contribution is -0.120. The molecule has 1 aromatic carbocycles. The highest BCUT2D eigenvalue weighted by molar-refractivity contribution is 7.88. The van der Waals surface area contributed by atoms with Gasteiger partial charge in [0.1, 0.15) is 5.82 Å². The molecule has 2 rings (SSSR count). The van der Waals surface area contributed by atoms with Crippen molar-refractivity contribution in [2.24, 2.45) is 0 Å². The zero-order valence-electron chi connectivity index (χ0n) is 12.2. The van der Waals surface area contributed by atoms with Crippen molar-refractivity contribution in [2.75, 3.05) is 6.54 Å². The monoisotopic (exact) mass is 337 g/mol. The molecule has 1 heterocycles. The second-order valence-electron chi connectivity index (χ2n) is 4.85. The second-order valence-corrected chi connectivity index (χ2v) is 6.65. The van der Waals surface area contributed by atoms with Gasteiger partial charge in [0.2, 0.25) is 15.9 Å². The molecule has 1 aromatic heterocycles. The third kappa shape index (κ3) is 6.13. The molecule has 0 aliphatic carbocycles. The summed E-state index contributed by atoms with van der Waals surface area (Å²) in [5.74, 6) is -1.36. The second kappa shape index (κ2) is 7.80. The molecule has 0 aliphatic rings. The van der Waals surface area contributed by atoms with Gasteiger partial charge in [0, 0.05) is 18.9 Å². The Balaban J connectivity index is 1.80. The highest BCUT2D eigenvalue weighted by Crippen LogP contribution is 2.07. The van der Waals surface area contributed by atoms with Gasteiger partial charge in [-0.05, 0) is 29.3 Å². The van der Waals surface area contributed by atoms with Crippen LogP contribution in [0.25, 0.3) is 0 Å². The number of carbonyl (C=O) groups excluding carboxylic acids is 1. The Morgan fingerprint density at radius 1 is 1.17 bits per heavy atom. The van der Waals surface area contributed by atoms with Crippen LogP contribution in [0.4, 0.5) is 4.39 Å². The van der Waals surface area contributed by atoms with E-state index in [0.717, 1.165) is 11.6 Å². The average molecular weight is 337 g/mol. The van der Waals surface area contributed by atoms with Gasteiger partial charge in [0.15, 0.2) is 0 Å². The maximum absolute atomic E-state index is 13.0. The molecule has 2 N–H and O–H groups in total. The van der Waals surface area contributed by atoms with Crippen molar-refractivity contribution in [2.45, 2.75) is 12.3 Å². The predicted octanol–water partition coefficient (Wildman–Crippen LogP) is 0.956. The van der Waals surface area contributed by atoms with E-state index in [9.17, 15) is 17.6 Å². The predicted molar refractivity (Wildman–Crippen MR) is 83.1 cm³/mol. The number of halogens is 1. The molecule has 2 aromatic rings. The zero-order chi connectivity index (χ0) is 16.7. The van der Waals surface area contributed by atoms with E-state index in [2.05, 4.69) is 15.0 Å². The van der Waals surface area contributed by atoms with E-state index in [1.54, 1.807) is 24.5 Å². The number of benzene rings is 1. The van der Waals surface area contributed by atoms with E-state index in [1.807, 2.05) is 0 Å². The summed E-state index contributed by atoms with van der Waals surface area (Å²) in [6.45, 7) is -0.115. The molecule has 0 spiro atoms. The fraction of sp³-hybridized carbons (Fsp3) is 0.200. The number of sulfonamides is 1. The van der Waals surface area contributed by atoms with E-state index in [0.29, 0.717) is 5.56 Å². The van der Waals surface area contributed by atoms with Gasteiger partial charge in [-0.3, -0.25) is 9.78 Å². The van der Waals surface area contributed by atoms with Crippen LogP contribution in [0.3, 0.4) is 0 Å². The molecule has 0 unspecified atom stereocenters. The molecular formula is C15H16FN3O3S. The molecule has 0 radical (unpaired) electrons. The van der Waals surface area contributed by atoms with Crippen molar-refractivity contribution in [1.29, 1.82) is 0 Å². The van der Waals surface area contributed by atoms with E-state index < -0.39 is 21.7 Å². The third-order valence-corrected chi connectivity index (χ3v) is 4.21. The van der Waals surface area contributed by atoms with Crippen LogP contribution < -0.4 is 10.0 Å². The topological polar surface area (TPSA) is 88.2 Å². The maximum atomic E-state index is 13.0. The van der Waals surface area contributed by atoms with Gasteiger partial charge < -0.3 is 5.32 Å². The number of amides is 1. The molecule has 0 saturated heterocycles. The highest BCUT2D eigenvalue weighted by Gasteiger charge is 2.13. The van der Waals surface area contributed by atoms with Gasteiger partial charge in [-0.25, -0.2) is 17.5 Å². The summed E-state index contributed by atoms with van der Waals surface area (Å²) in [6.07, 6.45) is 3.22. The van der Waals surface area contributed by atoms with Crippen LogP contribution in [0.15, 0.2) is 48.8 Å². The normalized spacial score (nSPS) is 11.2. The van der Waals surface area contributed by atoms with Crippen molar-refractivity contribution >= 4 is 15.9 Å². The molecular weight excluding hydrogens is 321 g/mol. The van der Waals surface area contributed by atoms with E-state index >= 15 is 0 Å². The first-order chi connectivity index (χ1) is 10.9. The molecule has 122 valence electrons. The summed E-state index contributed by atoms with van der Waals surface area (Å²) >= 11 is 0. The van der Waals surface area contributed by atoms with Crippen LogP contribution in [0.5, 0.6) is 0 Å². The van der Waals surface area contributed by atoms with Crippen molar-refractivity contribution in [3.63, 3.8) is 0 Å². The smallest absolute Gasteiger partial charge is 0.235 e. The lowest BCUT2D eigenvalue weighted by Crippen LogP contribution is -2.37. The van der Waals surface area contributed by atoms with Crippen LogP contribution in [0, 0.1) is 5.82 Å². The molecule has 1 amide bonds. The number of aromatic nitrogens is 1. The molecule has 0 atom stereocenters. The zero-order valence-corrected chi connectivity index (χ0v) is 13.0. The van der Waals surface area contributed by atoms with Crippen LogP contribution >= 0.6 is 0 Å². The largest absolute Gasteiger partial charge is 0.351 e. The minimum Gasteiger partial charge on any atom is -0.351 e. The molecule has 0 aliphatic heterocycles. The Morgan fingerprint density at radius 2 is 1.96 bits per heavy atom. The first-order valence-corrected chi connectivity index (χ1v) is 8.47. The number of hydrogen-bond acceptors (Lipinski definition) is 4. The van der Waals surface area contributed by atoms with E-state index in [-0.39, 0.29) is 18.8 Å². The summed E-state index contributed by atoms with van der Waals surface area (Å²) in [7, 11) is -3.72. The molecule has 8 heteroatoms. The summed E-state index contributed by atoms with van der Waals surface area (Å²) in [5.41, 5.74) is 1.12. The van der Waals surface area contributed by atoms with Crippen LogP contribution in [-0.4, -0.2) is 25.9 Å². The van der Waals surface area contributed by atoms with Gasteiger partial charge in [0.05, 0.1) is 12.3 Å². The fourth-order valence-corrected chi connectivity index (χ4v) is 2.91. The first-order valence-electron chi connectivity index (χ1n) is 6.82. The summed E-state index contributed by atoms with van der Waals surface area (Å²) in [4.78, 5) is 15.6. The minimum absolute atomic E-state index is 0.262. The number of pyridine rings is 1. The summed E-state index contributed by atoms with van der Waals surface area (Å²) in [5, 5.41) is 2.58. The number of hydrogen-bond donors (Lipinski definition) is 2. The Morgan fingerprint density at radius 3 is 2.65 bits per heavy atom. The Kier molecular flexibility index (Phi) is 5.78. The average Bonchev–Trinajstić information content (AvgIpc) is 2.52. The van der Waals surface area contributed by atoms with Crippen LogP contribution in [0.1, 0.15) is 11.1 Å².